The van der Waals surface area contributed by atoms with Gasteiger partial charge < -0.3 is 0 Å². The zero-order valence-corrected chi connectivity index (χ0v) is 15.7. The van der Waals surface area contributed by atoms with E-state index in [1.54, 1.807) is 6.07 Å². The summed E-state index contributed by atoms with van der Waals surface area (Å²) < 4.78 is 29.7. The summed E-state index contributed by atoms with van der Waals surface area (Å²) in [6.45, 7) is 0. The number of halogens is 2. The molecule has 0 unspecified atom stereocenters. The molecule has 1 atom stereocenters. The number of aryl methyl sites for hydroxylation is 1. The monoisotopic (exact) mass is 387 g/mol. The number of rotatable bonds is 3. The van der Waals surface area contributed by atoms with Crippen LogP contribution in [0.5, 0.6) is 0 Å². The standard InChI is InChI=1S/C24H19F2N3/c25-18-8-6-17(7-9-18)20-12-13-23-27-28-24(14-16-4-2-1-3-5-16)29(23)22-15-19(26)10-11-21(20)22/h1-11,15,20H,12-14H2/t20-/m0/s1. The molecule has 2 heterocycles. The maximum absolute atomic E-state index is 14.3. The Morgan fingerprint density at radius 2 is 1.62 bits per heavy atom. The van der Waals surface area contributed by atoms with Crippen molar-refractivity contribution in [2.75, 3.05) is 0 Å². The molecule has 3 nitrogen and oxygen atoms in total. The van der Waals surface area contributed by atoms with Gasteiger partial charge in [0.1, 0.15) is 23.3 Å². The number of benzene rings is 3. The van der Waals surface area contributed by atoms with Gasteiger partial charge in [-0.3, -0.25) is 4.57 Å². The third-order valence-corrected chi connectivity index (χ3v) is 5.54. The Labute approximate surface area is 167 Å². The summed E-state index contributed by atoms with van der Waals surface area (Å²) in [4.78, 5) is 0. The first-order valence-electron chi connectivity index (χ1n) is 9.71. The van der Waals surface area contributed by atoms with Gasteiger partial charge >= 0.3 is 0 Å². The Balaban J connectivity index is 1.64. The third kappa shape index (κ3) is 3.33. The second-order valence-electron chi connectivity index (χ2n) is 7.38. The fourth-order valence-electron chi connectivity index (χ4n) is 4.16. The van der Waals surface area contributed by atoms with Gasteiger partial charge in [0, 0.05) is 18.8 Å². The molecule has 0 radical (unpaired) electrons. The average Bonchev–Trinajstić information content (AvgIpc) is 3.05. The Kier molecular flexibility index (Phi) is 4.43. The number of hydrogen-bond donors (Lipinski definition) is 0. The molecule has 1 aliphatic rings. The summed E-state index contributed by atoms with van der Waals surface area (Å²) in [6, 6.07) is 21.5. The van der Waals surface area contributed by atoms with Crippen LogP contribution < -0.4 is 0 Å². The molecule has 0 N–H and O–H groups in total. The lowest BCUT2D eigenvalue weighted by Gasteiger charge is -2.19. The lowest BCUT2D eigenvalue weighted by Crippen LogP contribution is -2.08. The normalized spacial score (nSPS) is 15.4. The molecule has 4 aromatic rings. The smallest absolute Gasteiger partial charge is 0.142 e. The molecule has 29 heavy (non-hydrogen) atoms. The third-order valence-electron chi connectivity index (χ3n) is 5.54. The van der Waals surface area contributed by atoms with Gasteiger partial charge in [-0.1, -0.05) is 48.5 Å². The lowest BCUT2D eigenvalue weighted by molar-refractivity contribution is 0.623. The fraction of sp³-hybridized carbons (Fsp3) is 0.167. The van der Waals surface area contributed by atoms with Gasteiger partial charge in [-0.2, -0.15) is 0 Å². The summed E-state index contributed by atoms with van der Waals surface area (Å²) in [7, 11) is 0. The number of hydrogen-bond acceptors (Lipinski definition) is 2. The molecule has 1 aliphatic heterocycles. The van der Waals surface area contributed by atoms with Gasteiger partial charge in [0.15, 0.2) is 0 Å². The minimum Gasteiger partial charge on any atom is -0.282 e. The maximum atomic E-state index is 14.3. The van der Waals surface area contributed by atoms with E-state index in [1.165, 1.54) is 18.2 Å². The Hall–Kier alpha value is -3.34. The highest BCUT2D eigenvalue weighted by atomic mass is 19.1. The first-order valence-corrected chi connectivity index (χ1v) is 9.71. The van der Waals surface area contributed by atoms with E-state index in [0.29, 0.717) is 12.8 Å². The van der Waals surface area contributed by atoms with Crippen LogP contribution >= 0.6 is 0 Å². The summed E-state index contributed by atoms with van der Waals surface area (Å²) in [5.41, 5.74) is 3.91. The van der Waals surface area contributed by atoms with E-state index in [4.69, 9.17) is 0 Å². The Morgan fingerprint density at radius 1 is 0.862 bits per heavy atom. The molecule has 0 aliphatic carbocycles. The van der Waals surface area contributed by atoms with E-state index in [-0.39, 0.29) is 17.6 Å². The molecule has 5 rings (SSSR count). The Morgan fingerprint density at radius 3 is 2.41 bits per heavy atom. The van der Waals surface area contributed by atoms with Crippen molar-refractivity contribution in [1.82, 2.24) is 14.8 Å². The average molecular weight is 387 g/mol. The van der Waals surface area contributed by atoms with Crippen molar-refractivity contribution >= 4 is 0 Å². The van der Waals surface area contributed by atoms with Crippen molar-refractivity contribution in [2.45, 2.75) is 25.2 Å². The van der Waals surface area contributed by atoms with Crippen molar-refractivity contribution in [3.63, 3.8) is 0 Å². The van der Waals surface area contributed by atoms with Crippen LogP contribution in [0.25, 0.3) is 5.69 Å². The van der Waals surface area contributed by atoms with E-state index in [0.717, 1.165) is 40.4 Å². The molecule has 0 fully saturated rings. The van der Waals surface area contributed by atoms with Crippen LogP contribution in [0.15, 0.2) is 72.8 Å². The first-order chi connectivity index (χ1) is 14.2. The summed E-state index contributed by atoms with van der Waals surface area (Å²) in [6.07, 6.45) is 2.12. The first kappa shape index (κ1) is 17.7. The molecule has 5 heteroatoms. The van der Waals surface area contributed by atoms with Crippen LogP contribution in [0.4, 0.5) is 8.78 Å². The molecule has 0 saturated carbocycles. The van der Waals surface area contributed by atoms with Gasteiger partial charge in [0.25, 0.3) is 0 Å². The van der Waals surface area contributed by atoms with Crippen molar-refractivity contribution in [2.24, 2.45) is 0 Å². The van der Waals surface area contributed by atoms with E-state index < -0.39 is 0 Å². The zero-order chi connectivity index (χ0) is 19.8. The predicted octanol–water partition coefficient (Wildman–Crippen LogP) is 5.21. The summed E-state index contributed by atoms with van der Waals surface area (Å²) in [5.74, 6) is 1.10. The van der Waals surface area contributed by atoms with Gasteiger partial charge in [-0.15, -0.1) is 10.2 Å². The second-order valence-corrected chi connectivity index (χ2v) is 7.38. The van der Waals surface area contributed by atoms with Crippen LogP contribution in [-0.2, 0) is 12.8 Å². The van der Waals surface area contributed by atoms with E-state index in [2.05, 4.69) is 10.2 Å². The predicted molar refractivity (Wildman–Crippen MR) is 107 cm³/mol. The van der Waals surface area contributed by atoms with Gasteiger partial charge in [0.2, 0.25) is 0 Å². The fourth-order valence-corrected chi connectivity index (χ4v) is 4.16. The molecular weight excluding hydrogens is 368 g/mol. The zero-order valence-electron chi connectivity index (χ0n) is 15.7. The number of nitrogens with zero attached hydrogens (tertiary/aromatic N) is 3. The highest BCUT2D eigenvalue weighted by molar-refractivity contribution is 5.50. The van der Waals surface area contributed by atoms with Crippen molar-refractivity contribution in [1.29, 1.82) is 0 Å². The van der Waals surface area contributed by atoms with Gasteiger partial charge in [-0.25, -0.2) is 8.78 Å². The van der Waals surface area contributed by atoms with Crippen LogP contribution in [0.1, 0.15) is 40.7 Å². The molecule has 1 aromatic heterocycles. The van der Waals surface area contributed by atoms with E-state index in [1.807, 2.05) is 53.1 Å². The minimum atomic E-state index is -0.297. The van der Waals surface area contributed by atoms with Crippen LogP contribution in [0, 0.1) is 11.6 Å². The molecule has 0 amide bonds. The molecule has 3 aromatic carbocycles. The minimum absolute atomic E-state index is 0.0393. The van der Waals surface area contributed by atoms with Gasteiger partial charge in [-0.05, 0) is 47.4 Å². The SMILES string of the molecule is Fc1ccc([C@@H]2CCc3nnc(Cc4ccccc4)n3-c3cc(F)ccc32)cc1. The van der Waals surface area contributed by atoms with E-state index in [9.17, 15) is 8.78 Å². The van der Waals surface area contributed by atoms with Crippen molar-refractivity contribution < 1.29 is 8.78 Å². The largest absolute Gasteiger partial charge is 0.282 e. The highest BCUT2D eigenvalue weighted by Crippen LogP contribution is 2.37. The Bertz CT molecular complexity index is 1150. The molecular formula is C24H19F2N3. The lowest BCUT2D eigenvalue weighted by atomic mass is 9.87. The number of aromatic nitrogens is 3. The number of fused-ring (bicyclic) bond motifs is 3. The van der Waals surface area contributed by atoms with Crippen molar-refractivity contribution in [3.05, 3.63) is 113 Å². The highest BCUT2D eigenvalue weighted by Gasteiger charge is 2.27. The maximum Gasteiger partial charge on any atom is 0.142 e. The topological polar surface area (TPSA) is 30.7 Å². The van der Waals surface area contributed by atoms with Crippen molar-refractivity contribution in [3.8, 4) is 5.69 Å². The van der Waals surface area contributed by atoms with Crippen LogP contribution in [0.2, 0.25) is 0 Å². The van der Waals surface area contributed by atoms with Crippen LogP contribution in [-0.4, -0.2) is 14.8 Å². The molecule has 0 saturated heterocycles. The van der Waals surface area contributed by atoms with E-state index >= 15 is 0 Å². The molecule has 144 valence electrons. The van der Waals surface area contributed by atoms with Gasteiger partial charge in [0.05, 0.1) is 5.69 Å². The molecule has 0 bridgehead atoms. The van der Waals surface area contributed by atoms with Crippen LogP contribution in [0.3, 0.4) is 0 Å². The summed E-state index contributed by atoms with van der Waals surface area (Å²) >= 11 is 0. The summed E-state index contributed by atoms with van der Waals surface area (Å²) in [5, 5.41) is 8.83. The quantitative estimate of drug-likeness (QED) is 0.483. The second kappa shape index (κ2) is 7.24. The molecule has 0 spiro atoms.